The monoisotopic (exact) mass is 492 g/mol. The van der Waals surface area contributed by atoms with E-state index >= 15 is 0 Å². The lowest BCUT2D eigenvalue weighted by Crippen LogP contribution is -2.59. The van der Waals surface area contributed by atoms with Crippen LogP contribution in [-0.4, -0.2) is 80.9 Å². The van der Waals surface area contributed by atoms with Gasteiger partial charge in [0.25, 0.3) is 0 Å². The van der Waals surface area contributed by atoms with Gasteiger partial charge in [0.2, 0.25) is 0 Å². The van der Waals surface area contributed by atoms with E-state index in [-0.39, 0.29) is 0 Å². The summed E-state index contributed by atoms with van der Waals surface area (Å²) in [6.07, 6.45) is 4.55. The van der Waals surface area contributed by atoms with E-state index < -0.39 is 32.9 Å². The Morgan fingerprint density at radius 1 is 0.400 bits per heavy atom. The Morgan fingerprint density at radius 2 is 0.633 bits per heavy atom. The zero-order valence-corrected chi connectivity index (χ0v) is 26.8. The fraction of sp³-hybridized carbons (Fsp3) is 1.00. The first-order valence-electron chi connectivity index (χ1n) is 12.2. The van der Waals surface area contributed by atoms with Crippen LogP contribution in [0.2, 0.25) is 78.6 Å². The van der Waals surface area contributed by atoms with Crippen LogP contribution in [0.4, 0.5) is 0 Å². The van der Waals surface area contributed by atoms with Gasteiger partial charge in [-0.15, -0.1) is 0 Å². The highest BCUT2D eigenvalue weighted by Crippen LogP contribution is 2.20. The average Bonchev–Trinajstić information content (AvgIpc) is 2.50. The maximum absolute atomic E-state index is 5.89. The van der Waals surface area contributed by atoms with E-state index in [9.17, 15) is 0 Å². The van der Waals surface area contributed by atoms with Crippen molar-refractivity contribution in [3.63, 3.8) is 0 Å². The Balaban J connectivity index is 3.78. The molecule has 0 N–H and O–H groups in total. The fourth-order valence-electron chi connectivity index (χ4n) is 4.62. The van der Waals surface area contributed by atoms with Crippen LogP contribution in [0.1, 0.15) is 25.7 Å². The summed E-state index contributed by atoms with van der Waals surface area (Å²) in [6, 6.07) is 0. The van der Waals surface area contributed by atoms with Gasteiger partial charge in [0.15, 0.2) is 0 Å². The Hall–Kier alpha value is 0.708. The summed E-state index contributed by atoms with van der Waals surface area (Å²) in [5.41, 5.74) is 0. The van der Waals surface area contributed by atoms with Gasteiger partial charge in [-0.25, -0.2) is 0 Å². The van der Waals surface area contributed by atoms with E-state index in [4.69, 9.17) is 9.47 Å². The molecule has 0 aromatic heterocycles. The predicted octanol–water partition coefficient (Wildman–Crippen LogP) is 6.52. The van der Waals surface area contributed by atoms with Crippen molar-refractivity contribution in [2.45, 2.75) is 104 Å². The molecule has 182 valence electrons. The van der Waals surface area contributed by atoms with Crippen molar-refractivity contribution in [2.75, 3.05) is 39.5 Å². The first-order valence-corrected chi connectivity index (χ1v) is 26.0. The van der Waals surface area contributed by atoms with Gasteiger partial charge in [-0.3, -0.25) is 0 Å². The highest BCUT2D eigenvalue weighted by molar-refractivity contribution is 6.90. The Bertz CT molecular complexity index is 382. The number of hydrogen-bond acceptors (Lipinski definition) is 4. The van der Waals surface area contributed by atoms with Gasteiger partial charge in [0.05, 0.1) is 0 Å². The second kappa shape index (κ2) is 13.4. The molecule has 0 aliphatic rings. The molecule has 0 aromatic carbocycles. The zero-order valence-electron chi connectivity index (χ0n) is 22.8. The van der Waals surface area contributed by atoms with Crippen LogP contribution in [0.25, 0.3) is 0 Å². The highest BCUT2D eigenvalue weighted by Gasteiger charge is 2.34. The third-order valence-corrected chi connectivity index (χ3v) is 20.8. The minimum absolute atomic E-state index is 0.877. The van der Waals surface area contributed by atoms with Crippen LogP contribution in [-0.2, 0) is 9.47 Å². The highest BCUT2D eigenvalue weighted by atomic mass is 28.4. The Morgan fingerprint density at radius 3 is 0.867 bits per heavy atom. The molecule has 4 nitrogen and oxygen atoms in total. The van der Waals surface area contributed by atoms with E-state index in [1.54, 1.807) is 0 Å². The topological polar surface area (TPSA) is 24.9 Å². The van der Waals surface area contributed by atoms with Crippen molar-refractivity contribution in [2.24, 2.45) is 0 Å². The van der Waals surface area contributed by atoms with Gasteiger partial charge in [-0.05, 0) is 38.8 Å². The Kier molecular flexibility index (Phi) is 13.7. The molecule has 0 aromatic rings. The van der Waals surface area contributed by atoms with Crippen molar-refractivity contribution in [1.82, 2.24) is 8.46 Å². The summed E-state index contributed by atoms with van der Waals surface area (Å²) in [4.78, 5) is 0. The molecule has 0 aliphatic carbocycles. The standard InChI is InChI=1S/C22H56N2O2Si4/c1-27(2,3)23(28(4,5)6)17-15-21-25-19-13-14-20-26-22-16-18-24(29(7,8)9)30(10,11)12/h13-22H2,1-12H3. The molecule has 0 aliphatic heterocycles. The van der Waals surface area contributed by atoms with Gasteiger partial charge in [-0.1, -0.05) is 78.6 Å². The van der Waals surface area contributed by atoms with Gasteiger partial charge in [0.1, 0.15) is 32.9 Å². The maximum atomic E-state index is 5.89. The van der Waals surface area contributed by atoms with Crippen molar-refractivity contribution in [1.29, 1.82) is 0 Å². The largest absolute Gasteiger partial charge is 0.381 e. The molecule has 0 saturated heterocycles. The second-order valence-electron chi connectivity index (χ2n) is 12.6. The van der Waals surface area contributed by atoms with Crippen molar-refractivity contribution in [3.8, 4) is 0 Å². The summed E-state index contributed by atoms with van der Waals surface area (Å²) in [6.45, 7) is 35.6. The van der Waals surface area contributed by atoms with Gasteiger partial charge >= 0.3 is 0 Å². The van der Waals surface area contributed by atoms with Crippen LogP contribution >= 0.6 is 0 Å². The average molecular weight is 493 g/mol. The normalized spacial score (nSPS) is 14.2. The zero-order chi connectivity index (χ0) is 23.6. The van der Waals surface area contributed by atoms with E-state index in [0.29, 0.717) is 0 Å². The molecule has 0 rings (SSSR count). The molecule has 8 heteroatoms. The first kappa shape index (κ1) is 30.7. The molecule has 0 fully saturated rings. The molecule has 0 spiro atoms. The summed E-state index contributed by atoms with van der Waals surface area (Å²) in [5.74, 6) is 0. The second-order valence-corrected chi connectivity index (χ2v) is 33.0. The van der Waals surface area contributed by atoms with E-state index in [0.717, 1.165) is 52.1 Å². The van der Waals surface area contributed by atoms with Gasteiger partial charge < -0.3 is 17.9 Å². The molecular weight excluding hydrogens is 437 g/mol. The predicted molar refractivity (Wildman–Crippen MR) is 147 cm³/mol. The summed E-state index contributed by atoms with van der Waals surface area (Å²) < 4.78 is 17.5. The summed E-state index contributed by atoms with van der Waals surface area (Å²) in [5, 5.41) is 0. The molecular formula is C22H56N2O2Si4. The SMILES string of the molecule is C[Si](C)(C)N(CCCOCCCCOCCCN([Si](C)(C)C)[Si](C)(C)C)[Si](C)(C)C. The molecule has 0 bridgehead atoms. The quantitative estimate of drug-likeness (QED) is 0.170. The van der Waals surface area contributed by atoms with E-state index in [2.05, 4.69) is 87.0 Å². The fourth-order valence-corrected chi connectivity index (χ4v) is 24.0. The summed E-state index contributed by atoms with van der Waals surface area (Å²) >= 11 is 0. The molecule has 30 heavy (non-hydrogen) atoms. The van der Waals surface area contributed by atoms with Crippen molar-refractivity contribution in [3.05, 3.63) is 0 Å². The van der Waals surface area contributed by atoms with E-state index in [1.165, 1.54) is 13.1 Å². The van der Waals surface area contributed by atoms with Gasteiger partial charge in [0, 0.05) is 26.4 Å². The van der Waals surface area contributed by atoms with Crippen molar-refractivity contribution < 1.29 is 9.47 Å². The van der Waals surface area contributed by atoms with Crippen LogP contribution in [0.3, 0.4) is 0 Å². The smallest absolute Gasteiger partial charge is 0.112 e. The first-order chi connectivity index (χ1) is 13.5. The lowest BCUT2D eigenvalue weighted by atomic mass is 10.3. The molecule has 0 unspecified atom stereocenters. The Labute approximate surface area is 194 Å². The molecule has 0 saturated carbocycles. The van der Waals surface area contributed by atoms with Crippen molar-refractivity contribution >= 4 is 32.9 Å². The number of nitrogens with zero attached hydrogens (tertiary/aromatic N) is 2. The van der Waals surface area contributed by atoms with Crippen LogP contribution in [0.5, 0.6) is 0 Å². The molecule has 0 radical (unpaired) electrons. The molecule has 0 heterocycles. The molecule has 0 atom stereocenters. The third kappa shape index (κ3) is 14.0. The van der Waals surface area contributed by atoms with Crippen LogP contribution < -0.4 is 0 Å². The minimum Gasteiger partial charge on any atom is -0.381 e. The lowest BCUT2D eigenvalue weighted by Gasteiger charge is -2.43. The third-order valence-electron chi connectivity index (χ3n) is 5.41. The number of rotatable bonds is 17. The number of ether oxygens (including phenoxy) is 2. The summed E-state index contributed by atoms with van der Waals surface area (Å²) in [7, 11) is -4.89. The minimum atomic E-state index is -1.22. The van der Waals surface area contributed by atoms with Crippen LogP contribution in [0.15, 0.2) is 0 Å². The lowest BCUT2D eigenvalue weighted by molar-refractivity contribution is 0.0992. The maximum Gasteiger partial charge on any atom is 0.112 e. The number of unbranched alkanes of at least 4 members (excludes halogenated alkanes) is 1. The van der Waals surface area contributed by atoms with E-state index in [1.807, 2.05) is 0 Å². The van der Waals surface area contributed by atoms with Gasteiger partial charge in [-0.2, -0.15) is 0 Å². The van der Waals surface area contributed by atoms with Crippen LogP contribution in [0, 0.1) is 0 Å². The number of hydrogen-bond donors (Lipinski definition) is 0. The molecule has 0 amide bonds.